The fourth-order valence-corrected chi connectivity index (χ4v) is 4.37. The molecular weight excluding hydrogens is 368 g/mol. The van der Waals surface area contributed by atoms with Crippen molar-refractivity contribution in [2.45, 2.75) is 51.2 Å². The number of urea groups is 1. The summed E-state index contributed by atoms with van der Waals surface area (Å²) < 4.78 is 5.54. The van der Waals surface area contributed by atoms with Crippen molar-refractivity contribution >= 4 is 28.7 Å². The Labute approximate surface area is 170 Å². The average molecular weight is 394 g/mol. The van der Waals surface area contributed by atoms with Crippen molar-refractivity contribution in [2.24, 2.45) is 5.92 Å². The maximum Gasteiger partial charge on any atom is 0.326 e. The fraction of sp³-hybridized carbons (Fsp3) is 0.435. The molecule has 1 heterocycles. The van der Waals surface area contributed by atoms with Gasteiger partial charge < -0.3 is 10.1 Å². The molecule has 6 heteroatoms. The highest BCUT2D eigenvalue weighted by atomic mass is 16.5. The minimum absolute atomic E-state index is 0.126. The van der Waals surface area contributed by atoms with Crippen molar-refractivity contribution < 1.29 is 19.1 Å². The predicted molar refractivity (Wildman–Crippen MR) is 109 cm³/mol. The molecule has 1 saturated carbocycles. The van der Waals surface area contributed by atoms with Crippen molar-refractivity contribution in [3.8, 4) is 0 Å². The van der Waals surface area contributed by atoms with Crippen molar-refractivity contribution in [3.05, 3.63) is 48.0 Å². The number of hydrogen-bond acceptors (Lipinski definition) is 4. The minimum atomic E-state index is -1.21. The third-order valence-electron chi connectivity index (χ3n) is 6.08. The molecule has 152 valence electrons. The molecular formula is C23H26N2O4. The number of esters is 1. The molecule has 3 atom stereocenters. The summed E-state index contributed by atoms with van der Waals surface area (Å²) >= 11 is 0. The number of fused-ring (bicyclic) bond motifs is 1. The molecule has 0 spiro atoms. The molecule has 2 fully saturated rings. The van der Waals surface area contributed by atoms with Crippen molar-refractivity contribution in [3.63, 3.8) is 0 Å². The molecule has 1 N–H and O–H groups in total. The van der Waals surface area contributed by atoms with Crippen molar-refractivity contribution in [1.82, 2.24) is 10.2 Å². The number of ether oxygens (including phenoxy) is 1. The first-order chi connectivity index (χ1) is 13.9. The largest absolute Gasteiger partial charge is 0.461 e. The first kappa shape index (κ1) is 19.4. The molecule has 29 heavy (non-hydrogen) atoms. The molecule has 0 aromatic heterocycles. The lowest BCUT2D eigenvalue weighted by Gasteiger charge is -2.27. The van der Waals surface area contributed by atoms with Crippen molar-refractivity contribution in [2.75, 3.05) is 6.54 Å². The Hall–Kier alpha value is -2.89. The third-order valence-corrected chi connectivity index (χ3v) is 6.08. The highest BCUT2D eigenvalue weighted by Gasteiger charge is 2.49. The van der Waals surface area contributed by atoms with E-state index in [0.717, 1.165) is 41.4 Å². The van der Waals surface area contributed by atoms with Crippen LogP contribution in [0.1, 0.15) is 45.1 Å². The highest BCUT2D eigenvalue weighted by Crippen LogP contribution is 2.31. The number of benzene rings is 2. The first-order valence-electron chi connectivity index (χ1n) is 10.2. The molecule has 2 aliphatic rings. The van der Waals surface area contributed by atoms with Gasteiger partial charge in [0.2, 0.25) is 0 Å². The molecule has 2 aromatic carbocycles. The van der Waals surface area contributed by atoms with Gasteiger partial charge in [0.05, 0.1) is 0 Å². The molecule has 1 saturated heterocycles. The van der Waals surface area contributed by atoms with E-state index >= 15 is 0 Å². The van der Waals surface area contributed by atoms with E-state index < -0.39 is 23.4 Å². The van der Waals surface area contributed by atoms with Gasteiger partial charge in [0.15, 0.2) is 0 Å². The molecule has 3 amide bonds. The summed E-state index contributed by atoms with van der Waals surface area (Å²) in [4.78, 5) is 38.9. The van der Waals surface area contributed by atoms with Crippen LogP contribution in [0.2, 0.25) is 0 Å². The first-order valence-corrected chi connectivity index (χ1v) is 10.2. The van der Waals surface area contributed by atoms with Gasteiger partial charge in [-0.2, -0.15) is 0 Å². The van der Waals surface area contributed by atoms with E-state index in [-0.39, 0.29) is 12.6 Å². The van der Waals surface area contributed by atoms with Gasteiger partial charge in [-0.1, -0.05) is 49.7 Å². The Morgan fingerprint density at radius 3 is 2.69 bits per heavy atom. The van der Waals surface area contributed by atoms with Crippen LogP contribution in [0.3, 0.4) is 0 Å². The number of amides is 3. The predicted octanol–water partition coefficient (Wildman–Crippen LogP) is 3.73. The van der Waals surface area contributed by atoms with Crippen LogP contribution in [-0.4, -0.2) is 35.5 Å². The second-order valence-corrected chi connectivity index (χ2v) is 8.39. The number of rotatable bonds is 4. The average Bonchev–Trinajstić information content (AvgIpc) is 2.91. The van der Waals surface area contributed by atoms with E-state index in [1.54, 1.807) is 6.92 Å². The number of carbonyl (C=O) groups is 3. The molecule has 1 aliphatic carbocycles. The Balaban J connectivity index is 1.49. The Bertz CT molecular complexity index is 972. The molecule has 0 bridgehead atoms. The van der Waals surface area contributed by atoms with E-state index in [4.69, 9.17) is 4.74 Å². The molecule has 3 unspecified atom stereocenters. The van der Waals surface area contributed by atoms with Gasteiger partial charge in [0.25, 0.3) is 5.91 Å². The number of imide groups is 1. The summed E-state index contributed by atoms with van der Waals surface area (Å²) in [6.07, 6.45) is 3.72. The summed E-state index contributed by atoms with van der Waals surface area (Å²) in [6, 6.07) is 12.9. The van der Waals surface area contributed by atoms with E-state index in [0.29, 0.717) is 11.5 Å². The summed E-state index contributed by atoms with van der Waals surface area (Å²) in [5.41, 5.74) is -0.521. The lowest BCUT2D eigenvalue weighted by molar-refractivity contribution is -0.154. The fourth-order valence-electron chi connectivity index (χ4n) is 4.37. The van der Waals surface area contributed by atoms with Crippen LogP contribution in [0.25, 0.3) is 10.8 Å². The summed E-state index contributed by atoms with van der Waals surface area (Å²) in [6.45, 7) is 3.46. The van der Waals surface area contributed by atoms with E-state index in [9.17, 15) is 14.4 Å². The lowest BCUT2D eigenvalue weighted by Crippen LogP contribution is -2.42. The van der Waals surface area contributed by atoms with E-state index in [1.807, 2.05) is 42.5 Å². The standard InChI is InChI=1S/C23H26N2O4/c1-15-6-5-9-19(12-15)29-20(26)14-25-21(27)23(2,24-22(25)28)18-11-10-16-7-3-4-8-17(16)13-18/h3-4,7-8,10-11,13,15,19H,5-6,9,12,14H2,1-2H3,(H,24,28). The molecule has 6 nitrogen and oxygen atoms in total. The second-order valence-electron chi connectivity index (χ2n) is 8.39. The van der Waals surface area contributed by atoms with Gasteiger partial charge in [-0.25, -0.2) is 4.79 Å². The second kappa shape index (κ2) is 7.50. The number of carbonyl (C=O) groups excluding carboxylic acids is 3. The Kier molecular flexibility index (Phi) is 5.03. The SMILES string of the molecule is CC1CCCC(OC(=O)CN2C(=O)NC(C)(c3ccc4ccccc4c3)C2=O)C1. The van der Waals surface area contributed by atoms with Crippen LogP contribution >= 0.6 is 0 Å². The van der Waals surface area contributed by atoms with Gasteiger partial charge in [0, 0.05) is 0 Å². The van der Waals surface area contributed by atoms with Crippen LogP contribution in [0, 0.1) is 5.92 Å². The normalized spacial score (nSPS) is 27.2. The quantitative estimate of drug-likeness (QED) is 0.633. The van der Waals surface area contributed by atoms with Crippen LogP contribution in [-0.2, 0) is 19.9 Å². The summed E-state index contributed by atoms with van der Waals surface area (Å²) in [5, 5.41) is 4.80. The van der Waals surface area contributed by atoms with Gasteiger partial charge in [-0.3, -0.25) is 14.5 Å². The minimum Gasteiger partial charge on any atom is -0.461 e. The van der Waals surface area contributed by atoms with Gasteiger partial charge in [-0.05, 0) is 54.5 Å². The third kappa shape index (κ3) is 3.71. The van der Waals surface area contributed by atoms with Crippen molar-refractivity contribution in [1.29, 1.82) is 0 Å². The van der Waals surface area contributed by atoms with Crippen LogP contribution in [0.5, 0.6) is 0 Å². The maximum atomic E-state index is 13.1. The maximum absolute atomic E-state index is 13.1. The van der Waals surface area contributed by atoms with Crippen LogP contribution < -0.4 is 5.32 Å². The number of hydrogen-bond donors (Lipinski definition) is 1. The molecule has 2 aromatic rings. The zero-order valence-electron chi connectivity index (χ0n) is 16.8. The van der Waals surface area contributed by atoms with Gasteiger partial charge in [-0.15, -0.1) is 0 Å². The Morgan fingerprint density at radius 2 is 1.93 bits per heavy atom. The summed E-state index contributed by atoms with van der Waals surface area (Å²) in [7, 11) is 0. The molecule has 4 rings (SSSR count). The van der Waals surface area contributed by atoms with Gasteiger partial charge in [0.1, 0.15) is 18.2 Å². The molecule has 1 aliphatic heterocycles. The van der Waals surface area contributed by atoms with Crippen LogP contribution in [0.15, 0.2) is 42.5 Å². The van der Waals surface area contributed by atoms with Crippen LogP contribution in [0.4, 0.5) is 4.79 Å². The zero-order valence-corrected chi connectivity index (χ0v) is 16.8. The lowest BCUT2D eigenvalue weighted by atomic mass is 9.89. The number of nitrogens with zero attached hydrogens (tertiary/aromatic N) is 1. The van der Waals surface area contributed by atoms with Gasteiger partial charge >= 0.3 is 12.0 Å². The van der Waals surface area contributed by atoms with E-state index in [2.05, 4.69) is 12.2 Å². The Morgan fingerprint density at radius 1 is 1.17 bits per heavy atom. The van der Waals surface area contributed by atoms with E-state index in [1.165, 1.54) is 0 Å². The monoisotopic (exact) mass is 394 g/mol. The summed E-state index contributed by atoms with van der Waals surface area (Å²) in [5.74, 6) is -0.448. The number of nitrogens with one attached hydrogen (secondary N) is 1. The zero-order chi connectivity index (χ0) is 20.6. The topological polar surface area (TPSA) is 75.7 Å². The molecule has 0 radical (unpaired) electrons. The smallest absolute Gasteiger partial charge is 0.326 e. The highest BCUT2D eigenvalue weighted by molar-refractivity contribution is 6.09.